The highest BCUT2D eigenvalue weighted by molar-refractivity contribution is 5.97. The summed E-state index contributed by atoms with van der Waals surface area (Å²) in [7, 11) is 0. The molecule has 0 saturated carbocycles. The first-order valence-electron chi connectivity index (χ1n) is 9.77. The molecular weight excluding hydrogens is 342 g/mol. The van der Waals surface area contributed by atoms with Crippen LogP contribution in [-0.4, -0.2) is 17.2 Å². The highest BCUT2D eigenvalue weighted by Crippen LogP contribution is 2.46. The Morgan fingerprint density at radius 3 is 2.54 bits per heavy atom. The van der Waals surface area contributed by atoms with Gasteiger partial charge < -0.3 is 4.90 Å². The van der Waals surface area contributed by atoms with E-state index >= 15 is 0 Å². The Hall–Kier alpha value is -2.87. The Morgan fingerprint density at radius 2 is 1.93 bits per heavy atom. The van der Waals surface area contributed by atoms with E-state index in [1.54, 1.807) is 0 Å². The van der Waals surface area contributed by atoms with Crippen LogP contribution in [0.4, 0.5) is 0 Å². The molecule has 0 aromatic heterocycles. The number of aryl methyl sites for hydroxylation is 1. The van der Waals surface area contributed by atoms with E-state index in [-0.39, 0.29) is 5.78 Å². The van der Waals surface area contributed by atoms with Gasteiger partial charge in [-0.2, -0.15) is 0 Å². The van der Waals surface area contributed by atoms with Crippen molar-refractivity contribution in [1.82, 2.24) is 4.90 Å². The highest BCUT2D eigenvalue weighted by Gasteiger charge is 2.38. The summed E-state index contributed by atoms with van der Waals surface area (Å²) in [6.45, 7) is 21.3. The Labute approximate surface area is 169 Å². The van der Waals surface area contributed by atoms with E-state index in [4.69, 9.17) is 0 Å². The number of rotatable bonds is 5. The van der Waals surface area contributed by atoms with E-state index in [1.165, 1.54) is 22.8 Å². The molecule has 0 N–H and O–H groups in total. The molecule has 3 rings (SSSR count). The molecule has 0 bridgehead atoms. The summed E-state index contributed by atoms with van der Waals surface area (Å²) in [6, 6.07) is 8.36. The summed E-state index contributed by atoms with van der Waals surface area (Å²) >= 11 is 0. The van der Waals surface area contributed by atoms with E-state index in [0.717, 1.165) is 41.1 Å². The van der Waals surface area contributed by atoms with Gasteiger partial charge >= 0.3 is 0 Å². The predicted octanol–water partition coefficient (Wildman–Crippen LogP) is 6.15. The first-order chi connectivity index (χ1) is 13.2. The average molecular weight is 372 g/mol. The standard InChI is InChI=1S/C26H29NO/c1-8-22-19(5)27-16-21(14-20-13-11-10-12-17(20)3)18(4)24(27)15-23(22)26(6,7)25(28)9-2/h9-15H,2,4-5,8,16H2,1,3,6-7H3/b21-14-. The molecule has 0 radical (unpaired) electrons. The van der Waals surface area contributed by atoms with Crippen molar-refractivity contribution in [3.8, 4) is 0 Å². The van der Waals surface area contributed by atoms with Crippen LogP contribution in [0.15, 0.2) is 89.8 Å². The predicted molar refractivity (Wildman–Crippen MR) is 119 cm³/mol. The molecular formula is C26H29NO. The van der Waals surface area contributed by atoms with Gasteiger partial charge in [-0.1, -0.05) is 50.9 Å². The number of allylic oxidation sites excluding steroid dienone is 5. The molecule has 1 aromatic rings. The minimum absolute atomic E-state index is 0.0193. The van der Waals surface area contributed by atoms with Gasteiger partial charge in [0.1, 0.15) is 0 Å². The van der Waals surface area contributed by atoms with Gasteiger partial charge in [0.2, 0.25) is 0 Å². The molecule has 0 amide bonds. The van der Waals surface area contributed by atoms with Crippen molar-refractivity contribution in [1.29, 1.82) is 0 Å². The second-order valence-electron chi connectivity index (χ2n) is 8.01. The number of fused-ring (bicyclic) bond motifs is 1. The van der Waals surface area contributed by atoms with Crippen LogP contribution in [0.3, 0.4) is 0 Å². The van der Waals surface area contributed by atoms with Gasteiger partial charge in [0, 0.05) is 17.9 Å². The summed E-state index contributed by atoms with van der Waals surface area (Å²) in [6.07, 6.45) is 6.60. The number of nitrogens with zero attached hydrogens (tertiary/aromatic N) is 1. The topological polar surface area (TPSA) is 20.3 Å². The van der Waals surface area contributed by atoms with Crippen LogP contribution in [0, 0.1) is 12.3 Å². The molecule has 0 atom stereocenters. The van der Waals surface area contributed by atoms with Gasteiger partial charge in [0.25, 0.3) is 0 Å². The molecule has 144 valence electrons. The Morgan fingerprint density at radius 1 is 1.25 bits per heavy atom. The van der Waals surface area contributed by atoms with Crippen molar-refractivity contribution in [3.05, 3.63) is 101 Å². The number of hydrogen-bond acceptors (Lipinski definition) is 2. The quantitative estimate of drug-likeness (QED) is 0.579. The third-order valence-corrected chi connectivity index (χ3v) is 5.94. The van der Waals surface area contributed by atoms with E-state index < -0.39 is 5.41 Å². The van der Waals surface area contributed by atoms with Gasteiger partial charge in [-0.05, 0) is 78.8 Å². The second-order valence-corrected chi connectivity index (χ2v) is 8.01. The molecule has 0 unspecified atom stereocenters. The molecule has 2 aliphatic heterocycles. The van der Waals surface area contributed by atoms with E-state index in [9.17, 15) is 4.79 Å². The lowest BCUT2D eigenvalue weighted by atomic mass is 9.75. The molecule has 2 nitrogen and oxygen atoms in total. The maximum absolute atomic E-state index is 12.6. The molecule has 1 fully saturated rings. The molecule has 1 aromatic carbocycles. The smallest absolute Gasteiger partial charge is 0.165 e. The fourth-order valence-electron chi connectivity index (χ4n) is 4.04. The summed E-state index contributed by atoms with van der Waals surface area (Å²) in [5.74, 6) is 0.0193. The van der Waals surface area contributed by atoms with Crippen molar-refractivity contribution in [2.45, 2.75) is 34.1 Å². The molecule has 2 heteroatoms. The number of carbonyl (C=O) groups excluding carboxylic acids is 1. The number of benzene rings is 1. The van der Waals surface area contributed by atoms with Crippen LogP contribution >= 0.6 is 0 Å². The minimum Gasteiger partial charge on any atom is -0.337 e. The van der Waals surface area contributed by atoms with Crippen LogP contribution in [0.1, 0.15) is 38.3 Å². The monoisotopic (exact) mass is 371 g/mol. The Bertz CT molecular complexity index is 981. The zero-order valence-electron chi connectivity index (χ0n) is 17.4. The molecule has 2 heterocycles. The van der Waals surface area contributed by atoms with E-state index in [2.05, 4.69) is 74.9 Å². The van der Waals surface area contributed by atoms with Crippen molar-refractivity contribution in [3.63, 3.8) is 0 Å². The van der Waals surface area contributed by atoms with Crippen LogP contribution in [0.5, 0.6) is 0 Å². The molecule has 1 saturated heterocycles. The third-order valence-electron chi connectivity index (χ3n) is 5.94. The molecule has 2 aliphatic rings. The average Bonchev–Trinajstić information content (AvgIpc) is 2.99. The zero-order valence-corrected chi connectivity index (χ0v) is 17.4. The third kappa shape index (κ3) is 3.13. The first kappa shape index (κ1) is 19.9. The van der Waals surface area contributed by atoms with Crippen LogP contribution in [-0.2, 0) is 4.79 Å². The summed E-state index contributed by atoms with van der Waals surface area (Å²) in [5, 5.41) is 0. The van der Waals surface area contributed by atoms with Crippen molar-refractivity contribution < 1.29 is 4.79 Å². The second kappa shape index (κ2) is 7.27. The summed E-state index contributed by atoms with van der Waals surface area (Å²) < 4.78 is 0. The van der Waals surface area contributed by atoms with Crippen molar-refractivity contribution >= 4 is 11.9 Å². The van der Waals surface area contributed by atoms with Crippen LogP contribution in [0.2, 0.25) is 0 Å². The van der Waals surface area contributed by atoms with E-state index in [0.29, 0.717) is 0 Å². The minimum atomic E-state index is -0.641. The maximum Gasteiger partial charge on any atom is 0.165 e. The number of hydrogen-bond donors (Lipinski definition) is 0. The van der Waals surface area contributed by atoms with Crippen LogP contribution < -0.4 is 0 Å². The maximum atomic E-state index is 12.6. The zero-order chi connectivity index (χ0) is 20.6. The Kier molecular flexibility index (Phi) is 5.16. The fraction of sp³-hybridized carbons (Fsp3) is 0.269. The summed E-state index contributed by atoms with van der Waals surface area (Å²) in [5.41, 5.74) is 8.16. The SMILES string of the molecule is C=CC(=O)C(C)(C)C1=C(CC)C(=C)N2C/C(=C/c3ccccc3C)C(=C)C2=C1. The molecule has 28 heavy (non-hydrogen) atoms. The first-order valence-corrected chi connectivity index (χ1v) is 9.77. The normalized spacial score (nSPS) is 18.5. The molecule has 0 aliphatic carbocycles. The molecule has 0 spiro atoms. The summed E-state index contributed by atoms with van der Waals surface area (Å²) in [4.78, 5) is 14.8. The van der Waals surface area contributed by atoms with Gasteiger partial charge in [0.05, 0.1) is 5.41 Å². The Balaban J connectivity index is 2.08. The lowest BCUT2D eigenvalue weighted by Gasteiger charge is -2.35. The van der Waals surface area contributed by atoms with Crippen molar-refractivity contribution in [2.75, 3.05) is 6.54 Å². The van der Waals surface area contributed by atoms with E-state index in [1.807, 2.05) is 13.8 Å². The largest absolute Gasteiger partial charge is 0.337 e. The van der Waals surface area contributed by atoms with Gasteiger partial charge in [-0.25, -0.2) is 0 Å². The van der Waals surface area contributed by atoms with Crippen LogP contribution in [0.25, 0.3) is 6.08 Å². The highest BCUT2D eigenvalue weighted by atomic mass is 16.1. The van der Waals surface area contributed by atoms with Gasteiger partial charge in [-0.3, -0.25) is 4.79 Å². The number of carbonyl (C=O) groups is 1. The fourth-order valence-corrected chi connectivity index (χ4v) is 4.04. The van der Waals surface area contributed by atoms with Gasteiger partial charge in [-0.15, -0.1) is 0 Å². The van der Waals surface area contributed by atoms with Crippen molar-refractivity contribution in [2.24, 2.45) is 5.41 Å². The van der Waals surface area contributed by atoms with Gasteiger partial charge in [0.15, 0.2) is 5.78 Å². The lowest BCUT2D eigenvalue weighted by molar-refractivity contribution is -0.120. The lowest BCUT2D eigenvalue weighted by Crippen LogP contribution is -2.31. The number of ketones is 1.